The molecule has 0 amide bonds. The minimum Gasteiger partial charge on any atom is -0.264 e. The lowest BCUT2D eigenvalue weighted by Gasteiger charge is -2.05. The molecular formula is C10H10N2O3S. The highest BCUT2D eigenvalue weighted by molar-refractivity contribution is 7.84. The first-order valence-corrected chi connectivity index (χ1v) is 6.02. The average molecular weight is 238 g/mol. The summed E-state index contributed by atoms with van der Waals surface area (Å²) in [5.41, 5.74) is 0.758. The molecule has 0 aliphatic carbocycles. The zero-order valence-electron chi connectivity index (χ0n) is 8.33. The van der Waals surface area contributed by atoms with Gasteiger partial charge in [-0.25, -0.2) is 5.14 Å². The molecule has 0 saturated carbocycles. The molecule has 0 atom stereocenters. The third-order valence-electron chi connectivity index (χ3n) is 2.15. The fraction of sp³-hybridized carbons (Fsp3) is 0.100. The summed E-state index contributed by atoms with van der Waals surface area (Å²) in [4.78, 5) is 3.98. The topological polar surface area (TPSA) is 82.3 Å². The maximum absolute atomic E-state index is 10.7. The molecule has 2 aromatic rings. The Morgan fingerprint density at radius 1 is 1.31 bits per heavy atom. The fourth-order valence-corrected chi connectivity index (χ4v) is 1.75. The fourth-order valence-electron chi connectivity index (χ4n) is 1.46. The highest BCUT2D eigenvalue weighted by Gasteiger charge is 2.05. The minimum atomic E-state index is -3.91. The van der Waals surface area contributed by atoms with Crippen molar-refractivity contribution in [2.45, 2.75) is 6.61 Å². The zero-order chi connectivity index (χ0) is 11.6. The number of benzene rings is 1. The van der Waals surface area contributed by atoms with E-state index in [0.29, 0.717) is 0 Å². The molecule has 0 saturated heterocycles. The van der Waals surface area contributed by atoms with Gasteiger partial charge in [0.15, 0.2) is 0 Å². The summed E-state index contributed by atoms with van der Waals surface area (Å²) in [6.45, 7) is -0.0693. The first kappa shape index (κ1) is 11.0. The van der Waals surface area contributed by atoms with Crippen LogP contribution in [0, 0.1) is 0 Å². The highest BCUT2D eigenvalue weighted by Crippen LogP contribution is 2.18. The number of hydrogen-bond donors (Lipinski definition) is 1. The van der Waals surface area contributed by atoms with Gasteiger partial charge >= 0.3 is 10.3 Å². The Labute approximate surface area is 93.1 Å². The van der Waals surface area contributed by atoms with Crippen LogP contribution in [-0.2, 0) is 21.1 Å². The summed E-state index contributed by atoms with van der Waals surface area (Å²) in [5.74, 6) is 0. The molecule has 0 fully saturated rings. The molecule has 0 radical (unpaired) electrons. The summed E-state index contributed by atoms with van der Waals surface area (Å²) in [7, 11) is -3.91. The molecule has 84 valence electrons. The summed E-state index contributed by atoms with van der Waals surface area (Å²) in [6.07, 6.45) is 3.35. The number of fused-ring (bicyclic) bond motifs is 1. The van der Waals surface area contributed by atoms with E-state index in [2.05, 4.69) is 9.17 Å². The van der Waals surface area contributed by atoms with E-state index in [0.717, 1.165) is 16.3 Å². The van der Waals surface area contributed by atoms with Crippen molar-refractivity contribution < 1.29 is 12.6 Å². The Hall–Kier alpha value is -1.50. The summed E-state index contributed by atoms with van der Waals surface area (Å²) >= 11 is 0. The lowest BCUT2D eigenvalue weighted by molar-refractivity contribution is 0.310. The molecular weight excluding hydrogens is 228 g/mol. The van der Waals surface area contributed by atoms with Gasteiger partial charge in [-0.2, -0.15) is 8.42 Å². The Morgan fingerprint density at radius 3 is 2.88 bits per heavy atom. The third kappa shape index (κ3) is 2.54. The molecule has 1 aromatic carbocycles. The smallest absolute Gasteiger partial charge is 0.264 e. The first-order chi connectivity index (χ1) is 7.56. The lowest BCUT2D eigenvalue weighted by Crippen LogP contribution is -2.15. The van der Waals surface area contributed by atoms with Gasteiger partial charge in [0.25, 0.3) is 0 Å². The predicted octanol–water partition coefficient (Wildman–Crippen LogP) is 0.955. The van der Waals surface area contributed by atoms with E-state index in [1.54, 1.807) is 24.5 Å². The van der Waals surface area contributed by atoms with Crippen molar-refractivity contribution in [3.63, 3.8) is 0 Å². The van der Waals surface area contributed by atoms with Gasteiger partial charge in [0.05, 0.1) is 6.61 Å². The molecule has 0 aliphatic heterocycles. The quantitative estimate of drug-likeness (QED) is 0.863. The predicted molar refractivity (Wildman–Crippen MR) is 59.6 cm³/mol. The highest BCUT2D eigenvalue weighted by atomic mass is 32.2. The third-order valence-corrected chi connectivity index (χ3v) is 2.60. The van der Waals surface area contributed by atoms with E-state index in [1.807, 2.05) is 12.1 Å². The summed E-state index contributed by atoms with van der Waals surface area (Å²) < 4.78 is 25.9. The second-order valence-corrected chi connectivity index (χ2v) is 4.49. The summed E-state index contributed by atoms with van der Waals surface area (Å²) in [5, 5.41) is 6.60. The van der Waals surface area contributed by atoms with Crippen molar-refractivity contribution in [3.05, 3.63) is 42.2 Å². The largest absolute Gasteiger partial charge is 0.333 e. The number of aromatic nitrogens is 1. The Balaban J connectivity index is 2.38. The number of pyridine rings is 1. The van der Waals surface area contributed by atoms with Gasteiger partial charge in [-0.3, -0.25) is 9.17 Å². The second kappa shape index (κ2) is 4.17. The SMILES string of the molecule is NS(=O)(=O)OCc1cccc2cnccc12. The van der Waals surface area contributed by atoms with Gasteiger partial charge in [0.2, 0.25) is 0 Å². The number of hydrogen-bond acceptors (Lipinski definition) is 4. The molecule has 1 aromatic heterocycles. The van der Waals surface area contributed by atoms with E-state index < -0.39 is 10.3 Å². The number of nitrogens with zero attached hydrogens (tertiary/aromatic N) is 1. The molecule has 0 spiro atoms. The van der Waals surface area contributed by atoms with E-state index in [9.17, 15) is 8.42 Å². The zero-order valence-corrected chi connectivity index (χ0v) is 9.15. The van der Waals surface area contributed by atoms with Crippen LogP contribution in [0.15, 0.2) is 36.7 Å². The molecule has 6 heteroatoms. The maximum Gasteiger partial charge on any atom is 0.333 e. The van der Waals surface area contributed by atoms with E-state index in [1.165, 1.54) is 0 Å². The first-order valence-electron chi connectivity index (χ1n) is 4.55. The van der Waals surface area contributed by atoms with Crippen molar-refractivity contribution in [3.8, 4) is 0 Å². The normalized spacial score (nSPS) is 11.8. The average Bonchev–Trinajstić information content (AvgIpc) is 2.25. The molecule has 0 bridgehead atoms. The van der Waals surface area contributed by atoms with E-state index >= 15 is 0 Å². The van der Waals surface area contributed by atoms with Crippen LogP contribution in [0.5, 0.6) is 0 Å². The van der Waals surface area contributed by atoms with Crippen LogP contribution >= 0.6 is 0 Å². The molecule has 1 heterocycles. The Kier molecular flexibility index (Phi) is 2.86. The lowest BCUT2D eigenvalue weighted by atomic mass is 10.1. The van der Waals surface area contributed by atoms with Crippen molar-refractivity contribution in [1.82, 2.24) is 4.98 Å². The molecule has 0 aliphatic rings. The van der Waals surface area contributed by atoms with Crippen LogP contribution < -0.4 is 5.14 Å². The van der Waals surface area contributed by atoms with Crippen molar-refractivity contribution in [2.75, 3.05) is 0 Å². The Morgan fingerprint density at radius 2 is 2.12 bits per heavy atom. The molecule has 0 unspecified atom stereocenters. The van der Waals surface area contributed by atoms with Gasteiger partial charge in [0.1, 0.15) is 0 Å². The number of nitrogens with two attached hydrogens (primary N) is 1. The van der Waals surface area contributed by atoms with E-state index in [4.69, 9.17) is 5.14 Å². The maximum atomic E-state index is 10.7. The van der Waals surface area contributed by atoms with Gasteiger partial charge in [0, 0.05) is 17.8 Å². The standard InChI is InChI=1S/C10H10N2O3S/c11-16(13,14)15-7-9-3-1-2-8-6-12-5-4-10(8)9/h1-6H,7H2,(H2,11,13,14). The summed E-state index contributed by atoms with van der Waals surface area (Å²) in [6, 6.07) is 7.29. The van der Waals surface area contributed by atoms with Crippen LogP contribution in [0.25, 0.3) is 10.8 Å². The van der Waals surface area contributed by atoms with Crippen molar-refractivity contribution in [2.24, 2.45) is 5.14 Å². The van der Waals surface area contributed by atoms with Crippen molar-refractivity contribution >= 4 is 21.1 Å². The monoisotopic (exact) mass is 238 g/mol. The van der Waals surface area contributed by atoms with Gasteiger partial charge in [-0.05, 0) is 17.0 Å². The molecule has 2 rings (SSSR count). The van der Waals surface area contributed by atoms with Crippen LogP contribution in [0.2, 0.25) is 0 Å². The molecule has 16 heavy (non-hydrogen) atoms. The Bertz CT molecular complexity index is 605. The van der Waals surface area contributed by atoms with Gasteiger partial charge in [-0.15, -0.1) is 0 Å². The van der Waals surface area contributed by atoms with Crippen LogP contribution in [-0.4, -0.2) is 13.4 Å². The van der Waals surface area contributed by atoms with E-state index in [-0.39, 0.29) is 6.61 Å². The van der Waals surface area contributed by atoms with Gasteiger partial charge in [-0.1, -0.05) is 18.2 Å². The number of rotatable bonds is 3. The van der Waals surface area contributed by atoms with Crippen molar-refractivity contribution in [1.29, 1.82) is 0 Å². The van der Waals surface area contributed by atoms with Crippen LogP contribution in [0.1, 0.15) is 5.56 Å². The minimum absolute atomic E-state index is 0.0693. The van der Waals surface area contributed by atoms with Gasteiger partial charge < -0.3 is 0 Å². The van der Waals surface area contributed by atoms with Crippen LogP contribution in [0.4, 0.5) is 0 Å². The van der Waals surface area contributed by atoms with Crippen LogP contribution in [0.3, 0.4) is 0 Å². The molecule has 2 N–H and O–H groups in total. The second-order valence-electron chi connectivity index (χ2n) is 3.27. The molecule has 5 nitrogen and oxygen atoms in total.